The van der Waals surface area contributed by atoms with Crippen molar-refractivity contribution in [1.82, 2.24) is 0 Å². The van der Waals surface area contributed by atoms with E-state index < -0.39 is 47.4 Å². The van der Waals surface area contributed by atoms with Crippen LogP contribution in [0.15, 0.2) is 108 Å². The van der Waals surface area contributed by atoms with Crippen molar-refractivity contribution >= 4 is 52.3 Å². The quantitative estimate of drug-likeness (QED) is 0.211. The Labute approximate surface area is 199 Å². The van der Waals surface area contributed by atoms with Crippen LogP contribution in [0.4, 0.5) is 4.39 Å². The van der Waals surface area contributed by atoms with E-state index in [0.29, 0.717) is 17.9 Å². The Bertz CT molecular complexity index is 1670. The summed E-state index contributed by atoms with van der Waals surface area (Å²) in [6.45, 7) is 0. The Balaban J connectivity index is 1.67. The molecule has 2 heterocycles. The molecule has 0 saturated carbocycles. The third kappa shape index (κ3) is 4.52. The van der Waals surface area contributed by atoms with Gasteiger partial charge < -0.3 is 0 Å². The van der Waals surface area contributed by atoms with E-state index in [1.807, 2.05) is 0 Å². The van der Waals surface area contributed by atoms with E-state index in [1.54, 1.807) is 48.5 Å². The SMILES string of the molecule is O=c1ccc2ccc(I(OS(=O)(=O)c3ccc(F)cc3)c3ccc4ccc(=O)oc4c3)cc2o1. The van der Waals surface area contributed by atoms with Crippen molar-refractivity contribution in [2.75, 3.05) is 0 Å². The zero-order chi connectivity index (χ0) is 23.9. The summed E-state index contributed by atoms with van der Waals surface area (Å²) in [6, 6.07) is 20.1. The van der Waals surface area contributed by atoms with Crippen molar-refractivity contribution in [2.45, 2.75) is 4.90 Å². The molecule has 5 aromatic rings. The number of hydrogen-bond donors (Lipinski definition) is 0. The van der Waals surface area contributed by atoms with Crippen LogP contribution in [0.3, 0.4) is 0 Å². The van der Waals surface area contributed by atoms with Gasteiger partial charge in [-0.15, -0.1) is 0 Å². The maximum absolute atomic E-state index is 13.3. The molecule has 10 heteroatoms. The Morgan fingerprint density at radius 1 is 0.676 bits per heavy atom. The monoisotopic (exact) mass is 592 g/mol. The van der Waals surface area contributed by atoms with Gasteiger partial charge in [-0.25, -0.2) is 0 Å². The first kappa shape index (κ1) is 22.4. The molecule has 3 aromatic carbocycles. The molecule has 0 fully saturated rings. The van der Waals surface area contributed by atoms with Gasteiger partial charge in [0.05, 0.1) is 0 Å². The molecule has 0 unspecified atom stereocenters. The minimum atomic E-state index is -4.28. The van der Waals surface area contributed by atoms with E-state index in [0.717, 1.165) is 24.3 Å². The van der Waals surface area contributed by atoms with Crippen LogP contribution in [0.25, 0.3) is 21.9 Å². The summed E-state index contributed by atoms with van der Waals surface area (Å²) in [6.07, 6.45) is 0. The fraction of sp³-hybridized carbons (Fsp3) is 0. The topological polar surface area (TPSA) is 104 Å². The summed E-state index contributed by atoms with van der Waals surface area (Å²) >= 11 is -3.24. The summed E-state index contributed by atoms with van der Waals surface area (Å²) in [4.78, 5) is 23.2. The van der Waals surface area contributed by atoms with Crippen LogP contribution < -0.4 is 11.3 Å². The van der Waals surface area contributed by atoms with Crippen LogP contribution in [0, 0.1) is 13.0 Å². The molecule has 0 aliphatic heterocycles. The fourth-order valence-electron chi connectivity index (χ4n) is 3.20. The summed E-state index contributed by atoms with van der Waals surface area (Å²) in [5, 5.41) is 1.31. The molecule has 0 N–H and O–H groups in total. The number of halogens is 2. The van der Waals surface area contributed by atoms with Crippen molar-refractivity contribution < 1.29 is 24.2 Å². The van der Waals surface area contributed by atoms with Crippen molar-refractivity contribution in [3.05, 3.63) is 119 Å². The molecule has 2 aromatic heterocycles. The molecule has 0 aliphatic rings. The Morgan fingerprint density at radius 3 is 1.65 bits per heavy atom. The van der Waals surface area contributed by atoms with E-state index in [9.17, 15) is 22.4 Å². The molecule has 0 atom stereocenters. The average Bonchev–Trinajstić information content (AvgIpc) is 2.82. The van der Waals surface area contributed by atoms with Gasteiger partial charge in [0.2, 0.25) is 0 Å². The minimum absolute atomic E-state index is 0.198. The van der Waals surface area contributed by atoms with Crippen molar-refractivity contribution in [2.24, 2.45) is 0 Å². The first-order chi connectivity index (χ1) is 16.3. The van der Waals surface area contributed by atoms with Crippen molar-refractivity contribution in [3.8, 4) is 0 Å². The number of fused-ring (bicyclic) bond motifs is 2. The maximum atomic E-state index is 13.3. The standard InChI is InChI=1S/C24H14FIO7S/c25-17-5-9-20(10-6-17)34(29,30)33-26(18-7-1-15-3-11-23(27)31-21(15)13-18)19-8-2-16-4-12-24(28)32-22(16)14-19/h1-14H. The van der Waals surface area contributed by atoms with Crippen LogP contribution >= 0.6 is 20.2 Å². The number of benzene rings is 3. The second kappa shape index (κ2) is 8.78. The molecule has 0 spiro atoms. The molecule has 0 bridgehead atoms. The molecular formula is C24H14FIO7S. The van der Waals surface area contributed by atoms with Crippen molar-refractivity contribution in [3.63, 3.8) is 0 Å². The molecule has 34 heavy (non-hydrogen) atoms. The third-order valence-electron chi connectivity index (χ3n) is 4.81. The van der Waals surface area contributed by atoms with Gasteiger partial charge in [-0.2, -0.15) is 0 Å². The molecule has 172 valence electrons. The fourth-order valence-corrected chi connectivity index (χ4v) is 10.2. The summed E-state index contributed by atoms with van der Waals surface area (Å²) in [5.41, 5.74) is -0.528. The van der Waals surface area contributed by atoms with Gasteiger partial charge >= 0.3 is 200 Å². The van der Waals surface area contributed by atoms with Crippen LogP contribution in [-0.4, -0.2) is 8.42 Å². The van der Waals surface area contributed by atoms with E-state index in [-0.39, 0.29) is 16.1 Å². The van der Waals surface area contributed by atoms with E-state index in [4.69, 9.17) is 11.3 Å². The van der Waals surface area contributed by atoms with Crippen LogP contribution in [0.2, 0.25) is 0 Å². The van der Waals surface area contributed by atoms with Gasteiger partial charge in [0.1, 0.15) is 0 Å². The number of hydrogen-bond acceptors (Lipinski definition) is 7. The Hall–Kier alpha value is -3.35. The molecule has 0 amide bonds. The molecular weight excluding hydrogens is 578 g/mol. The normalized spacial score (nSPS) is 12.2. The molecule has 0 aliphatic carbocycles. The van der Waals surface area contributed by atoms with Gasteiger partial charge in [0.15, 0.2) is 0 Å². The predicted octanol–water partition coefficient (Wildman–Crippen LogP) is 4.90. The summed E-state index contributed by atoms with van der Waals surface area (Å²) in [7, 11) is -4.28. The first-order valence-corrected chi connectivity index (χ1v) is 14.2. The second-order valence-electron chi connectivity index (χ2n) is 7.09. The van der Waals surface area contributed by atoms with Gasteiger partial charge in [-0.1, -0.05) is 0 Å². The van der Waals surface area contributed by atoms with Crippen LogP contribution in [0.1, 0.15) is 0 Å². The zero-order valence-corrected chi connectivity index (χ0v) is 20.1. The van der Waals surface area contributed by atoms with Crippen LogP contribution in [0.5, 0.6) is 0 Å². The van der Waals surface area contributed by atoms with Gasteiger partial charge in [-0.3, -0.25) is 0 Å². The number of rotatable bonds is 5. The third-order valence-corrected chi connectivity index (χ3v) is 12.1. The predicted molar refractivity (Wildman–Crippen MR) is 131 cm³/mol. The first-order valence-electron chi connectivity index (χ1n) is 9.77. The van der Waals surface area contributed by atoms with E-state index in [2.05, 4.69) is 0 Å². The van der Waals surface area contributed by atoms with Crippen LogP contribution in [-0.2, 0) is 12.6 Å². The van der Waals surface area contributed by atoms with Gasteiger partial charge in [-0.05, 0) is 0 Å². The summed E-state index contributed by atoms with van der Waals surface area (Å²) < 4.78 is 56.8. The average molecular weight is 592 g/mol. The molecule has 5 rings (SSSR count). The Morgan fingerprint density at radius 2 is 1.15 bits per heavy atom. The summed E-state index contributed by atoms with van der Waals surface area (Å²) in [5.74, 6) is -0.580. The molecule has 0 saturated heterocycles. The molecule has 7 nitrogen and oxygen atoms in total. The van der Waals surface area contributed by atoms with Gasteiger partial charge in [0, 0.05) is 0 Å². The second-order valence-corrected chi connectivity index (χ2v) is 13.6. The molecule has 0 radical (unpaired) electrons. The van der Waals surface area contributed by atoms with Gasteiger partial charge in [0.25, 0.3) is 0 Å². The van der Waals surface area contributed by atoms with Crippen molar-refractivity contribution in [1.29, 1.82) is 0 Å². The van der Waals surface area contributed by atoms with E-state index in [1.165, 1.54) is 12.1 Å². The van der Waals surface area contributed by atoms with E-state index >= 15 is 0 Å². The Kier molecular flexibility index (Phi) is 5.80. The zero-order valence-electron chi connectivity index (χ0n) is 17.1.